The third-order valence-corrected chi connectivity index (χ3v) is 2.56. The van der Waals surface area contributed by atoms with E-state index in [9.17, 15) is 4.79 Å². The van der Waals surface area contributed by atoms with E-state index >= 15 is 0 Å². The standard InChI is InChI=1S/C13H11ClO3/c1-9-7-11(12(14)13(15)17-9)16-8-10-5-3-2-4-6-10/h2-7H,8H2,1H3. The number of hydrogen-bond acceptors (Lipinski definition) is 3. The van der Waals surface area contributed by atoms with Gasteiger partial charge in [-0.3, -0.25) is 0 Å². The van der Waals surface area contributed by atoms with E-state index in [2.05, 4.69) is 0 Å². The third kappa shape index (κ3) is 2.88. The molecule has 3 nitrogen and oxygen atoms in total. The van der Waals surface area contributed by atoms with Gasteiger partial charge in [0, 0.05) is 6.07 Å². The van der Waals surface area contributed by atoms with Gasteiger partial charge in [-0.25, -0.2) is 4.79 Å². The first-order valence-corrected chi connectivity index (χ1v) is 5.51. The monoisotopic (exact) mass is 250 g/mol. The lowest BCUT2D eigenvalue weighted by molar-refractivity contribution is 0.300. The minimum atomic E-state index is -0.574. The molecular weight excluding hydrogens is 240 g/mol. The molecule has 0 N–H and O–H groups in total. The van der Waals surface area contributed by atoms with Crippen LogP contribution in [0.5, 0.6) is 5.75 Å². The van der Waals surface area contributed by atoms with Gasteiger partial charge in [0.15, 0.2) is 5.02 Å². The highest BCUT2D eigenvalue weighted by atomic mass is 35.5. The Balaban J connectivity index is 2.17. The van der Waals surface area contributed by atoms with Crippen molar-refractivity contribution in [3.63, 3.8) is 0 Å². The van der Waals surface area contributed by atoms with Crippen LogP contribution >= 0.6 is 11.6 Å². The first kappa shape index (κ1) is 11.7. The molecule has 0 fully saturated rings. The smallest absolute Gasteiger partial charge is 0.358 e. The summed E-state index contributed by atoms with van der Waals surface area (Å²) < 4.78 is 10.3. The molecule has 0 bridgehead atoms. The van der Waals surface area contributed by atoms with Crippen molar-refractivity contribution in [3.05, 3.63) is 63.2 Å². The van der Waals surface area contributed by atoms with Crippen molar-refractivity contribution in [2.45, 2.75) is 13.5 Å². The molecule has 2 rings (SSSR count). The van der Waals surface area contributed by atoms with Crippen LogP contribution in [0.3, 0.4) is 0 Å². The maximum atomic E-state index is 11.3. The number of benzene rings is 1. The predicted molar refractivity (Wildman–Crippen MR) is 65.5 cm³/mol. The van der Waals surface area contributed by atoms with Crippen LogP contribution in [0.25, 0.3) is 0 Å². The van der Waals surface area contributed by atoms with Gasteiger partial charge in [0.25, 0.3) is 0 Å². The quantitative estimate of drug-likeness (QED) is 0.840. The molecule has 0 spiro atoms. The van der Waals surface area contributed by atoms with Gasteiger partial charge < -0.3 is 9.15 Å². The summed E-state index contributed by atoms with van der Waals surface area (Å²) >= 11 is 5.80. The van der Waals surface area contributed by atoms with Crippen molar-refractivity contribution in [1.29, 1.82) is 0 Å². The van der Waals surface area contributed by atoms with E-state index in [0.29, 0.717) is 18.1 Å². The Labute approximate surface area is 104 Å². The van der Waals surface area contributed by atoms with Gasteiger partial charge in [-0.1, -0.05) is 41.9 Å². The Morgan fingerprint density at radius 1 is 1.29 bits per heavy atom. The number of rotatable bonds is 3. The highest BCUT2D eigenvalue weighted by molar-refractivity contribution is 6.31. The number of hydrogen-bond donors (Lipinski definition) is 0. The molecule has 1 heterocycles. The molecule has 1 aromatic carbocycles. The molecule has 0 radical (unpaired) electrons. The summed E-state index contributed by atoms with van der Waals surface area (Å²) in [4.78, 5) is 11.3. The maximum Gasteiger partial charge on any atom is 0.358 e. The molecule has 88 valence electrons. The van der Waals surface area contributed by atoms with Gasteiger partial charge >= 0.3 is 5.63 Å². The minimum Gasteiger partial charge on any atom is -0.487 e. The van der Waals surface area contributed by atoms with Crippen LogP contribution in [0, 0.1) is 6.92 Å². The van der Waals surface area contributed by atoms with E-state index in [-0.39, 0.29) is 5.02 Å². The molecule has 0 unspecified atom stereocenters. The molecule has 0 aliphatic heterocycles. The second-order valence-electron chi connectivity index (χ2n) is 3.60. The Hall–Kier alpha value is -1.74. The van der Waals surface area contributed by atoms with Gasteiger partial charge in [0.2, 0.25) is 0 Å². The minimum absolute atomic E-state index is 0.0217. The Morgan fingerprint density at radius 2 is 2.00 bits per heavy atom. The topological polar surface area (TPSA) is 39.4 Å². The molecule has 4 heteroatoms. The highest BCUT2D eigenvalue weighted by Gasteiger charge is 2.09. The molecule has 0 aliphatic rings. The zero-order valence-electron chi connectivity index (χ0n) is 9.27. The van der Waals surface area contributed by atoms with Crippen molar-refractivity contribution in [3.8, 4) is 5.75 Å². The summed E-state index contributed by atoms with van der Waals surface area (Å²) in [5.74, 6) is 0.826. The summed E-state index contributed by atoms with van der Waals surface area (Å²) in [7, 11) is 0. The van der Waals surface area contributed by atoms with Crippen molar-refractivity contribution in [1.82, 2.24) is 0 Å². The second-order valence-corrected chi connectivity index (χ2v) is 3.97. The summed E-state index contributed by atoms with van der Waals surface area (Å²) in [6.07, 6.45) is 0. The molecule has 0 aliphatic carbocycles. The first-order chi connectivity index (χ1) is 8.16. The van der Waals surface area contributed by atoms with Crippen molar-refractivity contribution in [2.24, 2.45) is 0 Å². The van der Waals surface area contributed by atoms with Crippen molar-refractivity contribution >= 4 is 11.6 Å². The van der Waals surface area contributed by atoms with Crippen LogP contribution in [-0.4, -0.2) is 0 Å². The third-order valence-electron chi connectivity index (χ3n) is 2.22. The van der Waals surface area contributed by atoms with E-state index in [1.54, 1.807) is 13.0 Å². The van der Waals surface area contributed by atoms with Crippen molar-refractivity contribution in [2.75, 3.05) is 0 Å². The molecule has 0 atom stereocenters. The zero-order valence-corrected chi connectivity index (χ0v) is 10.0. The fourth-order valence-electron chi connectivity index (χ4n) is 1.41. The van der Waals surface area contributed by atoms with Gasteiger partial charge in [-0.15, -0.1) is 0 Å². The maximum absolute atomic E-state index is 11.3. The van der Waals surface area contributed by atoms with Crippen LogP contribution in [0.1, 0.15) is 11.3 Å². The normalized spacial score (nSPS) is 10.2. The molecular formula is C13H11ClO3. The number of ether oxygens (including phenoxy) is 1. The number of halogens is 1. The van der Waals surface area contributed by atoms with Crippen LogP contribution in [-0.2, 0) is 6.61 Å². The SMILES string of the molecule is Cc1cc(OCc2ccccc2)c(Cl)c(=O)o1. The van der Waals surface area contributed by atoms with E-state index in [1.807, 2.05) is 30.3 Å². The average molecular weight is 251 g/mol. The van der Waals surface area contributed by atoms with Gasteiger partial charge in [-0.2, -0.15) is 0 Å². The zero-order chi connectivity index (χ0) is 12.3. The second kappa shape index (κ2) is 5.06. The lowest BCUT2D eigenvalue weighted by Crippen LogP contribution is -2.04. The van der Waals surface area contributed by atoms with Crippen LogP contribution in [0.4, 0.5) is 0 Å². The van der Waals surface area contributed by atoms with E-state index < -0.39 is 5.63 Å². The fourth-order valence-corrected chi connectivity index (χ4v) is 1.56. The lowest BCUT2D eigenvalue weighted by atomic mass is 10.2. The van der Waals surface area contributed by atoms with Crippen LogP contribution in [0.15, 0.2) is 45.6 Å². The summed E-state index contributed by atoms with van der Waals surface area (Å²) in [6.45, 7) is 2.04. The average Bonchev–Trinajstić information content (AvgIpc) is 2.33. The van der Waals surface area contributed by atoms with Crippen LogP contribution in [0.2, 0.25) is 5.02 Å². The molecule has 1 aromatic heterocycles. The van der Waals surface area contributed by atoms with Gasteiger partial charge in [0.1, 0.15) is 18.1 Å². The van der Waals surface area contributed by atoms with E-state index in [1.165, 1.54) is 0 Å². The summed E-state index contributed by atoms with van der Waals surface area (Å²) in [6, 6.07) is 11.2. The van der Waals surface area contributed by atoms with E-state index in [4.69, 9.17) is 20.8 Å². The van der Waals surface area contributed by atoms with Gasteiger partial charge in [-0.05, 0) is 12.5 Å². The molecule has 0 saturated carbocycles. The molecule has 0 saturated heterocycles. The van der Waals surface area contributed by atoms with Crippen LogP contribution < -0.4 is 10.4 Å². The van der Waals surface area contributed by atoms with E-state index in [0.717, 1.165) is 5.56 Å². The Kier molecular flexibility index (Phi) is 3.49. The largest absolute Gasteiger partial charge is 0.487 e. The lowest BCUT2D eigenvalue weighted by Gasteiger charge is -2.07. The highest BCUT2D eigenvalue weighted by Crippen LogP contribution is 2.22. The predicted octanol–water partition coefficient (Wildman–Crippen LogP) is 3.18. The molecule has 2 aromatic rings. The fraction of sp³-hybridized carbons (Fsp3) is 0.154. The summed E-state index contributed by atoms with van der Waals surface area (Å²) in [5, 5.41) is -0.0217. The van der Waals surface area contributed by atoms with Crippen molar-refractivity contribution < 1.29 is 9.15 Å². The Bertz CT molecular complexity index is 561. The number of aryl methyl sites for hydroxylation is 1. The molecule has 17 heavy (non-hydrogen) atoms. The first-order valence-electron chi connectivity index (χ1n) is 5.14. The Morgan fingerprint density at radius 3 is 2.71 bits per heavy atom. The summed E-state index contributed by atoms with van der Waals surface area (Å²) in [5.41, 5.74) is 0.434. The molecule has 0 amide bonds. The van der Waals surface area contributed by atoms with Gasteiger partial charge in [0.05, 0.1) is 0 Å².